The minimum Gasteiger partial charge on any atom is -0.497 e. The van der Waals surface area contributed by atoms with Gasteiger partial charge in [0.05, 0.1) is 12.6 Å². The van der Waals surface area contributed by atoms with Gasteiger partial charge < -0.3 is 10.1 Å². The lowest BCUT2D eigenvalue weighted by atomic mass is 9.65. The molecular formula is C16H29NO. The van der Waals surface area contributed by atoms with Crippen LogP contribution in [0, 0.1) is 11.3 Å². The van der Waals surface area contributed by atoms with Crippen LogP contribution in [-0.4, -0.2) is 19.2 Å². The number of hydrogen-bond acceptors (Lipinski definition) is 2. The summed E-state index contributed by atoms with van der Waals surface area (Å²) in [7, 11) is 0. The maximum Gasteiger partial charge on any atom is 0.109 e. The van der Waals surface area contributed by atoms with E-state index in [4.69, 9.17) is 4.74 Å². The van der Waals surface area contributed by atoms with Crippen molar-refractivity contribution in [3.05, 3.63) is 11.8 Å². The summed E-state index contributed by atoms with van der Waals surface area (Å²) in [6.07, 6.45) is 10.1. The van der Waals surface area contributed by atoms with Gasteiger partial charge in [-0.25, -0.2) is 0 Å². The Morgan fingerprint density at radius 1 is 1.39 bits per heavy atom. The third-order valence-electron chi connectivity index (χ3n) is 4.69. The van der Waals surface area contributed by atoms with Crippen LogP contribution >= 0.6 is 0 Å². The summed E-state index contributed by atoms with van der Waals surface area (Å²) in [5.41, 5.74) is 0.437. The van der Waals surface area contributed by atoms with Gasteiger partial charge in [0.15, 0.2) is 0 Å². The summed E-state index contributed by atoms with van der Waals surface area (Å²) < 4.78 is 5.94. The van der Waals surface area contributed by atoms with Gasteiger partial charge in [-0.3, -0.25) is 0 Å². The van der Waals surface area contributed by atoms with E-state index in [1.807, 2.05) is 0 Å². The van der Waals surface area contributed by atoms with E-state index in [0.29, 0.717) is 11.5 Å². The third kappa shape index (κ3) is 3.09. The van der Waals surface area contributed by atoms with Crippen molar-refractivity contribution in [2.24, 2.45) is 11.3 Å². The summed E-state index contributed by atoms with van der Waals surface area (Å²) in [6.45, 7) is 9.00. The quantitative estimate of drug-likeness (QED) is 0.819. The number of rotatable bonds is 4. The first-order chi connectivity index (χ1) is 8.65. The molecule has 0 aromatic rings. The Morgan fingerprint density at radius 2 is 2.22 bits per heavy atom. The number of allylic oxidation sites excluding steroid dienone is 1. The normalized spacial score (nSPS) is 29.3. The Balaban J connectivity index is 2.15. The van der Waals surface area contributed by atoms with Crippen molar-refractivity contribution < 1.29 is 4.74 Å². The third-order valence-corrected chi connectivity index (χ3v) is 4.69. The van der Waals surface area contributed by atoms with E-state index < -0.39 is 0 Å². The van der Waals surface area contributed by atoms with E-state index in [-0.39, 0.29) is 0 Å². The first-order valence-corrected chi connectivity index (χ1v) is 7.71. The van der Waals surface area contributed by atoms with Gasteiger partial charge >= 0.3 is 0 Å². The fourth-order valence-corrected chi connectivity index (χ4v) is 3.59. The van der Waals surface area contributed by atoms with E-state index in [2.05, 4.69) is 32.2 Å². The molecule has 0 spiro atoms. The van der Waals surface area contributed by atoms with Gasteiger partial charge in [-0.15, -0.1) is 0 Å². The first-order valence-electron chi connectivity index (χ1n) is 7.71. The fraction of sp³-hybridized carbons (Fsp3) is 0.875. The summed E-state index contributed by atoms with van der Waals surface area (Å²) in [4.78, 5) is 0. The number of hydrogen-bond donors (Lipinski definition) is 1. The monoisotopic (exact) mass is 251 g/mol. The van der Waals surface area contributed by atoms with Crippen molar-refractivity contribution in [2.45, 2.75) is 65.3 Å². The van der Waals surface area contributed by atoms with Crippen LogP contribution in [0.1, 0.15) is 59.3 Å². The Hall–Kier alpha value is -0.500. The molecule has 2 heteroatoms. The number of ether oxygens (including phenoxy) is 1. The van der Waals surface area contributed by atoms with Crippen molar-refractivity contribution in [3.8, 4) is 0 Å². The molecular weight excluding hydrogens is 222 g/mol. The van der Waals surface area contributed by atoms with E-state index >= 15 is 0 Å². The minimum atomic E-state index is 0.436. The number of likely N-dealkylation sites (N-methyl/N-ethyl adjacent to an activating group) is 1. The maximum absolute atomic E-state index is 5.94. The van der Waals surface area contributed by atoms with Gasteiger partial charge in [-0.2, -0.15) is 0 Å². The standard InChI is InChI=1S/C16H29NO/c1-4-17-15(14-10-6-8-12-18-14)13-9-5-7-11-16(13,2)3/h10,13,15,17H,4-9,11-12H2,1-3H3. The predicted molar refractivity (Wildman–Crippen MR) is 76.5 cm³/mol. The molecule has 2 aliphatic rings. The molecule has 1 heterocycles. The topological polar surface area (TPSA) is 21.3 Å². The lowest BCUT2D eigenvalue weighted by molar-refractivity contribution is 0.0719. The highest BCUT2D eigenvalue weighted by molar-refractivity contribution is 5.10. The lowest BCUT2D eigenvalue weighted by Crippen LogP contribution is -2.46. The average Bonchev–Trinajstić information content (AvgIpc) is 2.37. The van der Waals surface area contributed by atoms with Crippen molar-refractivity contribution in [1.29, 1.82) is 0 Å². The van der Waals surface area contributed by atoms with Crippen LogP contribution in [-0.2, 0) is 4.74 Å². The van der Waals surface area contributed by atoms with Crippen molar-refractivity contribution in [3.63, 3.8) is 0 Å². The van der Waals surface area contributed by atoms with Crippen LogP contribution < -0.4 is 5.32 Å². The molecule has 18 heavy (non-hydrogen) atoms. The van der Waals surface area contributed by atoms with Gasteiger partial charge in [0.2, 0.25) is 0 Å². The van der Waals surface area contributed by atoms with Crippen LogP contribution in [0.4, 0.5) is 0 Å². The second kappa shape index (κ2) is 6.10. The van der Waals surface area contributed by atoms with Crippen molar-refractivity contribution >= 4 is 0 Å². The van der Waals surface area contributed by atoms with Gasteiger partial charge in [0.25, 0.3) is 0 Å². The van der Waals surface area contributed by atoms with Crippen molar-refractivity contribution in [1.82, 2.24) is 5.32 Å². The van der Waals surface area contributed by atoms with E-state index in [0.717, 1.165) is 19.1 Å². The Kier molecular flexibility index (Phi) is 4.71. The molecule has 104 valence electrons. The molecule has 1 saturated carbocycles. The molecule has 2 rings (SSSR count). The molecule has 1 fully saturated rings. The second-order valence-corrected chi connectivity index (χ2v) is 6.47. The summed E-state index contributed by atoms with van der Waals surface area (Å²) >= 11 is 0. The van der Waals surface area contributed by atoms with Gasteiger partial charge in [0, 0.05) is 0 Å². The molecule has 1 aliphatic heterocycles. The molecule has 2 atom stereocenters. The SMILES string of the molecule is CCNC(C1=CCCCO1)C1CCCCC1(C)C. The van der Waals surface area contributed by atoms with Crippen molar-refractivity contribution in [2.75, 3.05) is 13.2 Å². The van der Waals surface area contributed by atoms with Crippen LogP contribution in [0.5, 0.6) is 0 Å². The van der Waals surface area contributed by atoms with Gasteiger partial charge in [0.1, 0.15) is 5.76 Å². The molecule has 1 N–H and O–H groups in total. The van der Waals surface area contributed by atoms with E-state index in [1.165, 1.54) is 44.3 Å². The Bertz CT molecular complexity index is 295. The fourth-order valence-electron chi connectivity index (χ4n) is 3.59. The largest absolute Gasteiger partial charge is 0.497 e. The first kappa shape index (κ1) is 13.9. The predicted octanol–water partition coefficient (Wildman–Crippen LogP) is 3.88. The molecule has 2 unspecified atom stereocenters. The molecule has 0 aromatic carbocycles. The maximum atomic E-state index is 5.94. The molecule has 0 saturated heterocycles. The Labute approximate surface area is 112 Å². The van der Waals surface area contributed by atoms with E-state index in [9.17, 15) is 0 Å². The zero-order chi connectivity index (χ0) is 13.0. The van der Waals surface area contributed by atoms with Gasteiger partial charge in [-0.05, 0) is 49.6 Å². The highest BCUT2D eigenvalue weighted by atomic mass is 16.5. The molecule has 2 nitrogen and oxygen atoms in total. The summed E-state index contributed by atoms with van der Waals surface area (Å²) in [6, 6.07) is 0.436. The minimum absolute atomic E-state index is 0.436. The molecule has 1 aliphatic carbocycles. The average molecular weight is 251 g/mol. The van der Waals surface area contributed by atoms with Crippen LogP contribution in [0.3, 0.4) is 0 Å². The number of nitrogens with one attached hydrogen (secondary N) is 1. The smallest absolute Gasteiger partial charge is 0.109 e. The van der Waals surface area contributed by atoms with Crippen LogP contribution in [0.2, 0.25) is 0 Å². The zero-order valence-corrected chi connectivity index (χ0v) is 12.3. The Morgan fingerprint density at radius 3 is 2.83 bits per heavy atom. The van der Waals surface area contributed by atoms with Crippen LogP contribution in [0.15, 0.2) is 11.8 Å². The molecule has 0 aromatic heterocycles. The highest BCUT2D eigenvalue weighted by Crippen LogP contribution is 2.44. The summed E-state index contributed by atoms with van der Waals surface area (Å²) in [5.74, 6) is 1.94. The zero-order valence-electron chi connectivity index (χ0n) is 12.3. The van der Waals surface area contributed by atoms with E-state index in [1.54, 1.807) is 0 Å². The lowest BCUT2D eigenvalue weighted by Gasteiger charge is -2.44. The van der Waals surface area contributed by atoms with Crippen LogP contribution in [0.25, 0.3) is 0 Å². The van der Waals surface area contributed by atoms with Gasteiger partial charge in [-0.1, -0.05) is 33.6 Å². The molecule has 0 radical (unpaired) electrons. The summed E-state index contributed by atoms with van der Waals surface area (Å²) in [5, 5.41) is 3.68. The second-order valence-electron chi connectivity index (χ2n) is 6.47. The molecule has 0 amide bonds. The highest BCUT2D eigenvalue weighted by Gasteiger charge is 2.39. The molecule has 0 bridgehead atoms.